The second-order valence-corrected chi connectivity index (χ2v) is 6.81. The van der Waals surface area contributed by atoms with E-state index < -0.39 is 18.5 Å². The number of esters is 1. The number of ether oxygens (including phenoxy) is 2. The van der Waals surface area contributed by atoms with Crippen LogP contribution in [-0.2, 0) is 20.7 Å². The van der Waals surface area contributed by atoms with Crippen LogP contribution in [0.3, 0.4) is 0 Å². The molecule has 1 heterocycles. The number of benzene rings is 2. The van der Waals surface area contributed by atoms with Gasteiger partial charge in [-0.3, -0.25) is 9.59 Å². The third kappa shape index (κ3) is 6.15. The number of anilines is 1. The Bertz CT molecular complexity index is 1050. The highest BCUT2D eigenvalue weighted by Gasteiger charge is 2.14. The van der Waals surface area contributed by atoms with E-state index in [2.05, 4.69) is 10.4 Å². The first kappa shape index (κ1) is 22.0. The van der Waals surface area contributed by atoms with Gasteiger partial charge in [-0.2, -0.15) is 5.10 Å². The molecule has 1 aromatic heterocycles. The lowest BCUT2D eigenvalue weighted by Crippen LogP contribution is -2.22. The summed E-state index contributed by atoms with van der Waals surface area (Å²) >= 11 is 0. The molecule has 8 heteroatoms. The quantitative estimate of drug-likeness (QED) is 0.527. The molecule has 31 heavy (non-hydrogen) atoms. The molecule has 1 amide bonds. The maximum absolute atomic E-state index is 13.2. The molecule has 162 valence electrons. The summed E-state index contributed by atoms with van der Waals surface area (Å²) in [4.78, 5) is 24.3. The fourth-order valence-electron chi connectivity index (χ4n) is 3.01. The van der Waals surface area contributed by atoms with Crippen LogP contribution >= 0.6 is 0 Å². The van der Waals surface area contributed by atoms with Crippen LogP contribution in [0, 0.1) is 12.7 Å². The number of carbonyl (C=O) groups excluding carboxylic acids is 2. The number of amides is 1. The van der Waals surface area contributed by atoms with Crippen molar-refractivity contribution in [3.63, 3.8) is 0 Å². The minimum Gasteiger partial charge on any atom is -0.494 e. The minimum absolute atomic E-state index is 0.129. The lowest BCUT2D eigenvalue weighted by molar-refractivity contribution is -0.147. The van der Waals surface area contributed by atoms with E-state index >= 15 is 0 Å². The molecule has 0 fully saturated rings. The molecule has 3 rings (SSSR count). The van der Waals surface area contributed by atoms with Crippen LogP contribution in [0.2, 0.25) is 0 Å². The summed E-state index contributed by atoms with van der Waals surface area (Å²) in [6.45, 7) is 3.79. The van der Waals surface area contributed by atoms with Crippen LogP contribution in [0.15, 0.2) is 54.6 Å². The highest BCUT2D eigenvalue weighted by molar-refractivity contribution is 5.92. The summed E-state index contributed by atoms with van der Waals surface area (Å²) < 4.78 is 25.3. The Labute approximate surface area is 179 Å². The van der Waals surface area contributed by atoms with Crippen LogP contribution in [0.1, 0.15) is 24.6 Å². The average molecular weight is 425 g/mol. The molecule has 1 N–H and O–H groups in total. The first-order valence-electron chi connectivity index (χ1n) is 9.95. The maximum atomic E-state index is 13.2. The van der Waals surface area contributed by atoms with E-state index in [-0.39, 0.29) is 12.2 Å². The van der Waals surface area contributed by atoms with Crippen LogP contribution in [0.25, 0.3) is 5.69 Å². The summed E-state index contributed by atoms with van der Waals surface area (Å²) in [5, 5.41) is 6.98. The maximum Gasteiger partial charge on any atom is 0.306 e. The number of hydrogen-bond donors (Lipinski definition) is 1. The zero-order chi connectivity index (χ0) is 22.2. The highest BCUT2D eigenvalue weighted by Crippen LogP contribution is 2.20. The van der Waals surface area contributed by atoms with Gasteiger partial charge < -0.3 is 14.8 Å². The van der Waals surface area contributed by atoms with Gasteiger partial charge in [-0.1, -0.05) is 18.2 Å². The first-order valence-corrected chi connectivity index (χ1v) is 9.95. The van der Waals surface area contributed by atoms with Gasteiger partial charge in [0.2, 0.25) is 0 Å². The second kappa shape index (κ2) is 10.4. The van der Waals surface area contributed by atoms with Crippen molar-refractivity contribution in [3.8, 4) is 11.4 Å². The van der Waals surface area contributed by atoms with Gasteiger partial charge in [-0.25, -0.2) is 9.07 Å². The van der Waals surface area contributed by atoms with E-state index in [0.29, 0.717) is 30.2 Å². The average Bonchev–Trinajstić information content (AvgIpc) is 3.12. The number of carbonyl (C=O) groups is 2. The van der Waals surface area contributed by atoms with Crippen molar-refractivity contribution in [3.05, 3.63) is 71.7 Å². The molecule has 0 aliphatic carbocycles. The second-order valence-electron chi connectivity index (χ2n) is 6.81. The summed E-state index contributed by atoms with van der Waals surface area (Å²) in [6, 6.07) is 14.9. The van der Waals surface area contributed by atoms with Crippen LogP contribution in [0.5, 0.6) is 5.75 Å². The lowest BCUT2D eigenvalue weighted by Gasteiger charge is -2.11. The topological polar surface area (TPSA) is 82.4 Å². The van der Waals surface area contributed by atoms with Gasteiger partial charge in [0.1, 0.15) is 17.4 Å². The Morgan fingerprint density at radius 1 is 1.13 bits per heavy atom. The molecule has 0 aliphatic heterocycles. The van der Waals surface area contributed by atoms with Crippen molar-refractivity contribution >= 4 is 17.7 Å². The van der Waals surface area contributed by atoms with E-state index in [1.54, 1.807) is 25.1 Å². The normalized spacial score (nSPS) is 10.5. The standard InChI is InChI=1S/C23H24FN3O4/c1-3-30-20-7-5-4-6-17(20)8-13-23(29)31-15-22(28)25-21-14-16(2)26-27(21)19-11-9-18(24)10-12-19/h4-7,9-12,14H,3,8,13,15H2,1-2H3,(H,25,28). The summed E-state index contributed by atoms with van der Waals surface area (Å²) in [7, 11) is 0. The van der Waals surface area contributed by atoms with E-state index in [1.165, 1.54) is 16.8 Å². The van der Waals surface area contributed by atoms with Crippen molar-refractivity contribution < 1.29 is 23.5 Å². The minimum atomic E-state index is -0.494. The van der Waals surface area contributed by atoms with E-state index in [1.807, 2.05) is 31.2 Å². The third-order valence-corrected chi connectivity index (χ3v) is 4.41. The Hall–Kier alpha value is -3.68. The molecule has 0 aliphatic rings. The molecule has 0 atom stereocenters. The smallest absolute Gasteiger partial charge is 0.306 e. The van der Waals surface area contributed by atoms with Crippen molar-refractivity contribution in [1.29, 1.82) is 0 Å². The number of hydrogen-bond acceptors (Lipinski definition) is 5. The van der Waals surface area contributed by atoms with E-state index in [9.17, 15) is 14.0 Å². The highest BCUT2D eigenvalue weighted by atomic mass is 19.1. The number of nitrogens with zero attached hydrogens (tertiary/aromatic N) is 2. The summed E-state index contributed by atoms with van der Waals surface area (Å²) in [5.41, 5.74) is 2.17. The monoisotopic (exact) mass is 425 g/mol. The number of halogens is 1. The fourth-order valence-corrected chi connectivity index (χ4v) is 3.01. The first-order chi connectivity index (χ1) is 15.0. The zero-order valence-electron chi connectivity index (χ0n) is 17.4. The number of nitrogens with one attached hydrogen (secondary N) is 1. The molecule has 0 saturated carbocycles. The zero-order valence-corrected chi connectivity index (χ0v) is 17.4. The molecule has 0 radical (unpaired) electrons. The Kier molecular flexibility index (Phi) is 7.37. The Morgan fingerprint density at radius 3 is 2.61 bits per heavy atom. The number of aryl methyl sites for hydroxylation is 2. The molecule has 3 aromatic rings. The van der Waals surface area contributed by atoms with Crippen molar-refractivity contribution in [2.75, 3.05) is 18.5 Å². The molecule has 0 saturated heterocycles. The molecular weight excluding hydrogens is 401 g/mol. The molecule has 2 aromatic carbocycles. The number of para-hydroxylation sites is 1. The molecular formula is C23H24FN3O4. The van der Waals surface area contributed by atoms with Crippen molar-refractivity contribution in [2.45, 2.75) is 26.7 Å². The Morgan fingerprint density at radius 2 is 1.87 bits per heavy atom. The Balaban J connectivity index is 1.53. The predicted molar refractivity (Wildman–Crippen MR) is 114 cm³/mol. The van der Waals surface area contributed by atoms with Gasteiger partial charge in [0, 0.05) is 12.5 Å². The van der Waals surface area contributed by atoms with Gasteiger partial charge in [0.25, 0.3) is 5.91 Å². The van der Waals surface area contributed by atoms with Gasteiger partial charge in [0.05, 0.1) is 18.0 Å². The van der Waals surface area contributed by atoms with Crippen LogP contribution < -0.4 is 10.1 Å². The number of rotatable bonds is 9. The van der Waals surface area contributed by atoms with Crippen LogP contribution in [-0.4, -0.2) is 34.9 Å². The summed E-state index contributed by atoms with van der Waals surface area (Å²) in [6.07, 6.45) is 0.581. The van der Waals surface area contributed by atoms with Gasteiger partial charge in [0.15, 0.2) is 6.61 Å². The lowest BCUT2D eigenvalue weighted by atomic mass is 10.1. The van der Waals surface area contributed by atoms with E-state index in [0.717, 1.165) is 11.3 Å². The van der Waals surface area contributed by atoms with Gasteiger partial charge >= 0.3 is 5.97 Å². The largest absolute Gasteiger partial charge is 0.494 e. The molecule has 0 spiro atoms. The predicted octanol–water partition coefficient (Wildman–Crippen LogP) is 3.83. The SMILES string of the molecule is CCOc1ccccc1CCC(=O)OCC(=O)Nc1cc(C)nn1-c1ccc(F)cc1. The van der Waals surface area contributed by atoms with Crippen LogP contribution in [0.4, 0.5) is 10.2 Å². The summed E-state index contributed by atoms with van der Waals surface area (Å²) in [5.74, 6) is -0.208. The van der Waals surface area contributed by atoms with E-state index in [4.69, 9.17) is 9.47 Å². The van der Waals surface area contributed by atoms with Gasteiger partial charge in [-0.05, 0) is 56.2 Å². The van der Waals surface area contributed by atoms with Crippen molar-refractivity contribution in [2.24, 2.45) is 0 Å². The molecule has 0 bridgehead atoms. The fraction of sp³-hybridized carbons (Fsp3) is 0.261. The third-order valence-electron chi connectivity index (χ3n) is 4.41. The van der Waals surface area contributed by atoms with Gasteiger partial charge in [-0.15, -0.1) is 0 Å². The number of aromatic nitrogens is 2. The molecule has 7 nitrogen and oxygen atoms in total. The molecule has 0 unspecified atom stereocenters. The van der Waals surface area contributed by atoms with Crippen molar-refractivity contribution in [1.82, 2.24) is 9.78 Å².